The Bertz CT molecular complexity index is 900. The standard InChI is InChI=1S/C22H27FN2O2S/c23-21-8-4-5-9-22(21)24-14-16-25(17-15-24)28(26,27)20-12-10-19(11-13-20)18-6-2-1-3-7-18/h4-5,8-13,18H,1-3,6-7,14-17H2. The third kappa shape index (κ3) is 3.94. The van der Waals surface area contributed by atoms with Crippen molar-refractivity contribution in [2.24, 2.45) is 0 Å². The number of rotatable bonds is 4. The fraction of sp³-hybridized carbons (Fsp3) is 0.455. The SMILES string of the molecule is O=S(=O)(c1ccc(C2CCCCC2)cc1)N1CCN(c2ccccc2F)CC1. The van der Waals surface area contributed by atoms with E-state index < -0.39 is 10.0 Å². The smallest absolute Gasteiger partial charge is 0.243 e. The molecule has 0 aromatic heterocycles. The zero-order valence-electron chi connectivity index (χ0n) is 16.1. The number of sulfonamides is 1. The molecular weight excluding hydrogens is 375 g/mol. The Kier molecular flexibility index (Phi) is 5.69. The Balaban J connectivity index is 1.43. The Hall–Kier alpha value is -1.92. The molecular formula is C22H27FN2O2S. The van der Waals surface area contributed by atoms with Crippen molar-refractivity contribution in [1.82, 2.24) is 4.31 Å². The van der Waals surface area contributed by atoms with Gasteiger partial charge in [-0.1, -0.05) is 43.5 Å². The number of benzene rings is 2. The van der Waals surface area contributed by atoms with E-state index in [1.807, 2.05) is 17.0 Å². The van der Waals surface area contributed by atoms with Gasteiger partial charge in [-0.3, -0.25) is 0 Å². The molecule has 0 bridgehead atoms. The third-order valence-electron chi connectivity index (χ3n) is 6.03. The first-order chi connectivity index (χ1) is 13.6. The molecule has 2 aromatic carbocycles. The molecule has 1 saturated carbocycles. The van der Waals surface area contributed by atoms with E-state index in [1.165, 1.54) is 48.0 Å². The molecule has 1 heterocycles. The molecule has 6 heteroatoms. The molecule has 0 radical (unpaired) electrons. The molecule has 4 nitrogen and oxygen atoms in total. The Morgan fingerprint density at radius 3 is 2.11 bits per heavy atom. The molecule has 0 N–H and O–H groups in total. The number of anilines is 1. The summed E-state index contributed by atoms with van der Waals surface area (Å²) in [4.78, 5) is 2.26. The minimum atomic E-state index is -3.51. The second-order valence-electron chi connectivity index (χ2n) is 7.75. The van der Waals surface area contributed by atoms with Crippen LogP contribution in [0, 0.1) is 5.82 Å². The largest absolute Gasteiger partial charge is 0.367 e. The van der Waals surface area contributed by atoms with Crippen molar-refractivity contribution >= 4 is 15.7 Å². The Morgan fingerprint density at radius 2 is 1.46 bits per heavy atom. The van der Waals surface area contributed by atoms with Gasteiger partial charge in [0.05, 0.1) is 10.6 Å². The molecule has 0 amide bonds. The molecule has 0 spiro atoms. The van der Waals surface area contributed by atoms with Gasteiger partial charge in [0.25, 0.3) is 0 Å². The minimum absolute atomic E-state index is 0.267. The van der Waals surface area contributed by atoms with Crippen molar-refractivity contribution in [1.29, 1.82) is 0 Å². The van der Waals surface area contributed by atoms with Gasteiger partial charge in [0.1, 0.15) is 5.82 Å². The van der Waals surface area contributed by atoms with Gasteiger partial charge in [-0.2, -0.15) is 4.31 Å². The summed E-state index contributed by atoms with van der Waals surface area (Å²) < 4.78 is 41.5. The molecule has 2 aromatic rings. The van der Waals surface area contributed by atoms with E-state index in [2.05, 4.69) is 0 Å². The van der Waals surface area contributed by atoms with E-state index in [9.17, 15) is 12.8 Å². The van der Waals surface area contributed by atoms with E-state index >= 15 is 0 Å². The van der Waals surface area contributed by atoms with Crippen molar-refractivity contribution in [3.8, 4) is 0 Å². The number of hydrogen-bond donors (Lipinski definition) is 0. The van der Waals surface area contributed by atoms with Gasteiger partial charge in [0.15, 0.2) is 0 Å². The van der Waals surface area contributed by atoms with E-state index in [1.54, 1.807) is 30.3 Å². The van der Waals surface area contributed by atoms with Crippen LogP contribution in [-0.4, -0.2) is 38.9 Å². The first-order valence-corrected chi connectivity index (χ1v) is 11.6. The average molecular weight is 403 g/mol. The molecule has 28 heavy (non-hydrogen) atoms. The zero-order chi connectivity index (χ0) is 19.6. The van der Waals surface area contributed by atoms with E-state index in [0.29, 0.717) is 42.7 Å². The van der Waals surface area contributed by atoms with Crippen molar-refractivity contribution in [2.45, 2.75) is 42.9 Å². The van der Waals surface area contributed by atoms with Gasteiger partial charge in [0.2, 0.25) is 10.0 Å². The van der Waals surface area contributed by atoms with E-state index in [-0.39, 0.29) is 5.82 Å². The lowest BCUT2D eigenvalue weighted by Gasteiger charge is -2.35. The maximum atomic E-state index is 14.0. The van der Waals surface area contributed by atoms with Crippen LogP contribution in [0.25, 0.3) is 0 Å². The quantitative estimate of drug-likeness (QED) is 0.762. The molecule has 150 valence electrons. The van der Waals surface area contributed by atoms with Gasteiger partial charge in [-0.25, -0.2) is 12.8 Å². The van der Waals surface area contributed by atoms with Crippen molar-refractivity contribution in [3.63, 3.8) is 0 Å². The number of piperazine rings is 1. The van der Waals surface area contributed by atoms with Crippen LogP contribution in [0.5, 0.6) is 0 Å². The van der Waals surface area contributed by atoms with E-state index in [4.69, 9.17) is 0 Å². The summed E-state index contributed by atoms with van der Waals surface area (Å²) in [5.41, 5.74) is 1.79. The zero-order valence-corrected chi connectivity index (χ0v) is 16.9. The maximum Gasteiger partial charge on any atom is 0.243 e. The molecule has 2 aliphatic rings. The van der Waals surface area contributed by atoms with Crippen LogP contribution in [0.15, 0.2) is 53.4 Å². The average Bonchev–Trinajstić information content (AvgIpc) is 2.75. The molecule has 0 unspecified atom stereocenters. The summed E-state index contributed by atoms with van der Waals surface area (Å²) in [6.45, 7) is 1.70. The van der Waals surface area contributed by atoms with Gasteiger partial charge < -0.3 is 4.90 Å². The summed E-state index contributed by atoms with van der Waals surface area (Å²) in [5, 5.41) is 0. The molecule has 0 atom stereocenters. The lowest BCUT2D eigenvalue weighted by Crippen LogP contribution is -2.48. The highest BCUT2D eigenvalue weighted by molar-refractivity contribution is 7.89. The van der Waals surface area contributed by atoms with Crippen LogP contribution in [0.3, 0.4) is 0 Å². The molecule has 1 aliphatic heterocycles. The second-order valence-corrected chi connectivity index (χ2v) is 9.68. The predicted octanol–water partition coefficient (Wildman–Crippen LogP) is 4.38. The van der Waals surface area contributed by atoms with Crippen molar-refractivity contribution in [2.75, 3.05) is 31.1 Å². The first kappa shape index (κ1) is 19.4. The van der Waals surface area contributed by atoms with Crippen LogP contribution in [0.4, 0.5) is 10.1 Å². The highest BCUT2D eigenvalue weighted by Crippen LogP contribution is 2.33. The van der Waals surface area contributed by atoms with Gasteiger partial charge >= 0.3 is 0 Å². The maximum absolute atomic E-state index is 14.0. The van der Waals surface area contributed by atoms with Gasteiger partial charge in [0, 0.05) is 26.2 Å². The Morgan fingerprint density at radius 1 is 0.821 bits per heavy atom. The summed E-state index contributed by atoms with van der Waals surface area (Å²) in [6, 6.07) is 14.1. The van der Waals surface area contributed by atoms with Crippen LogP contribution >= 0.6 is 0 Å². The van der Waals surface area contributed by atoms with Crippen LogP contribution in [0.1, 0.15) is 43.6 Å². The first-order valence-electron chi connectivity index (χ1n) is 10.2. The number of nitrogens with zero attached hydrogens (tertiary/aromatic N) is 2. The summed E-state index contributed by atoms with van der Waals surface area (Å²) in [7, 11) is -3.51. The highest BCUT2D eigenvalue weighted by Gasteiger charge is 2.29. The Labute approximate surface area is 167 Å². The fourth-order valence-electron chi connectivity index (χ4n) is 4.37. The van der Waals surface area contributed by atoms with Crippen LogP contribution in [-0.2, 0) is 10.0 Å². The van der Waals surface area contributed by atoms with Crippen LogP contribution in [0.2, 0.25) is 0 Å². The number of halogens is 1. The van der Waals surface area contributed by atoms with Crippen molar-refractivity contribution < 1.29 is 12.8 Å². The van der Waals surface area contributed by atoms with Crippen molar-refractivity contribution in [3.05, 3.63) is 59.9 Å². The topological polar surface area (TPSA) is 40.6 Å². The minimum Gasteiger partial charge on any atom is -0.367 e. The molecule has 2 fully saturated rings. The fourth-order valence-corrected chi connectivity index (χ4v) is 5.80. The third-order valence-corrected chi connectivity index (χ3v) is 7.94. The summed E-state index contributed by atoms with van der Waals surface area (Å²) in [6.07, 6.45) is 6.23. The monoisotopic (exact) mass is 402 g/mol. The molecule has 1 saturated heterocycles. The lowest BCUT2D eigenvalue weighted by atomic mass is 9.84. The summed E-state index contributed by atoms with van der Waals surface area (Å²) >= 11 is 0. The molecule has 1 aliphatic carbocycles. The second kappa shape index (κ2) is 8.21. The number of hydrogen-bond acceptors (Lipinski definition) is 3. The van der Waals surface area contributed by atoms with E-state index in [0.717, 1.165) is 0 Å². The van der Waals surface area contributed by atoms with Gasteiger partial charge in [-0.05, 0) is 48.6 Å². The normalized spacial score (nSPS) is 19.7. The van der Waals surface area contributed by atoms with Gasteiger partial charge in [-0.15, -0.1) is 0 Å². The van der Waals surface area contributed by atoms with Crippen LogP contribution < -0.4 is 4.90 Å². The summed E-state index contributed by atoms with van der Waals surface area (Å²) in [5.74, 6) is 0.298. The molecule has 4 rings (SSSR count). The predicted molar refractivity (Wildman–Crippen MR) is 110 cm³/mol. The highest BCUT2D eigenvalue weighted by atomic mass is 32.2. The lowest BCUT2D eigenvalue weighted by molar-refractivity contribution is 0.383. The number of para-hydroxylation sites is 1.